The zero-order valence-electron chi connectivity index (χ0n) is 8.95. The molecule has 3 rings (SSSR count). The molecule has 2 N–H and O–H groups in total. The van der Waals surface area contributed by atoms with Crippen LogP contribution in [0.3, 0.4) is 0 Å². The van der Waals surface area contributed by atoms with Gasteiger partial charge >= 0.3 is 0 Å². The number of nitrogens with zero attached hydrogens (tertiary/aromatic N) is 1. The van der Waals surface area contributed by atoms with E-state index < -0.39 is 0 Å². The van der Waals surface area contributed by atoms with E-state index in [1.54, 1.807) is 17.4 Å². The molecule has 0 saturated heterocycles. The summed E-state index contributed by atoms with van der Waals surface area (Å²) in [6.45, 7) is 0.682. The van der Waals surface area contributed by atoms with Crippen LogP contribution in [-0.2, 0) is 6.54 Å². The van der Waals surface area contributed by atoms with Gasteiger partial charge in [-0.2, -0.15) is 5.26 Å². The molecule has 1 aliphatic rings. The highest BCUT2D eigenvalue weighted by molar-refractivity contribution is 7.10. The molecule has 82 valence electrons. The first-order valence-electron chi connectivity index (χ1n) is 5.24. The van der Waals surface area contributed by atoms with Crippen molar-refractivity contribution in [1.29, 1.82) is 10.7 Å². The molecule has 0 amide bonds. The van der Waals surface area contributed by atoms with Crippen LogP contribution in [0.25, 0.3) is 0 Å². The molecule has 0 bridgehead atoms. The van der Waals surface area contributed by atoms with Crippen LogP contribution in [0.2, 0.25) is 0 Å². The van der Waals surface area contributed by atoms with Crippen molar-refractivity contribution >= 4 is 22.7 Å². The number of thiophene rings is 1. The number of rotatable bonds is 0. The van der Waals surface area contributed by atoms with Crippen molar-refractivity contribution in [2.45, 2.75) is 6.54 Å². The smallest absolute Gasteiger partial charge is 0.101 e. The molecule has 2 aromatic rings. The maximum absolute atomic E-state index is 9.08. The largest absolute Gasteiger partial charge is 0.379 e. The SMILES string of the molecule is N#Cc1cccc2c1NCc1sccc1C2=N. The van der Waals surface area contributed by atoms with Crippen LogP contribution in [-0.4, -0.2) is 5.71 Å². The van der Waals surface area contributed by atoms with E-state index in [2.05, 4.69) is 11.4 Å². The second kappa shape index (κ2) is 3.72. The zero-order chi connectivity index (χ0) is 11.8. The molecule has 0 fully saturated rings. The van der Waals surface area contributed by atoms with Gasteiger partial charge in [0.15, 0.2) is 0 Å². The molecule has 1 aromatic carbocycles. The Morgan fingerprint density at radius 3 is 3.00 bits per heavy atom. The van der Waals surface area contributed by atoms with E-state index in [1.807, 2.05) is 23.6 Å². The van der Waals surface area contributed by atoms with Gasteiger partial charge in [-0.3, -0.25) is 5.41 Å². The van der Waals surface area contributed by atoms with Gasteiger partial charge in [-0.1, -0.05) is 12.1 Å². The molecular formula is C13H9N3S. The summed E-state index contributed by atoms with van der Waals surface area (Å²) in [6.07, 6.45) is 0. The Kier molecular flexibility index (Phi) is 2.20. The first kappa shape index (κ1) is 10.1. The minimum atomic E-state index is 0.498. The van der Waals surface area contributed by atoms with Crippen molar-refractivity contribution in [1.82, 2.24) is 0 Å². The highest BCUT2D eigenvalue weighted by atomic mass is 32.1. The van der Waals surface area contributed by atoms with Gasteiger partial charge < -0.3 is 5.32 Å². The number of hydrogen-bond donors (Lipinski definition) is 2. The van der Waals surface area contributed by atoms with E-state index in [0.29, 0.717) is 17.8 Å². The van der Waals surface area contributed by atoms with E-state index >= 15 is 0 Å². The van der Waals surface area contributed by atoms with Gasteiger partial charge in [-0.25, -0.2) is 0 Å². The number of benzene rings is 1. The fourth-order valence-corrected chi connectivity index (χ4v) is 2.88. The lowest BCUT2D eigenvalue weighted by Gasteiger charge is -2.09. The third-order valence-corrected chi connectivity index (χ3v) is 3.82. The molecule has 0 spiro atoms. The first-order chi connectivity index (χ1) is 8.31. The summed E-state index contributed by atoms with van der Waals surface area (Å²) in [5, 5.41) is 22.6. The van der Waals surface area contributed by atoms with Crippen molar-refractivity contribution in [2.24, 2.45) is 0 Å². The van der Waals surface area contributed by atoms with E-state index in [-0.39, 0.29) is 0 Å². The maximum atomic E-state index is 9.08. The minimum absolute atomic E-state index is 0.498. The van der Waals surface area contributed by atoms with Crippen molar-refractivity contribution < 1.29 is 0 Å². The normalized spacial score (nSPS) is 13.0. The molecule has 0 unspecified atom stereocenters. The molecule has 0 radical (unpaired) electrons. The number of nitriles is 1. The van der Waals surface area contributed by atoms with Crippen molar-refractivity contribution in [3.63, 3.8) is 0 Å². The van der Waals surface area contributed by atoms with Crippen LogP contribution in [0.5, 0.6) is 0 Å². The van der Waals surface area contributed by atoms with Crippen LogP contribution >= 0.6 is 11.3 Å². The van der Waals surface area contributed by atoms with E-state index in [0.717, 1.165) is 21.7 Å². The predicted octanol–water partition coefficient (Wildman–Crippen LogP) is 2.96. The van der Waals surface area contributed by atoms with Crippen molar-refractivity contribution in [3.05, 3.63) is 51.2 Å². The van der Waals surface area contributed by atoms with Crippen LogP contribution in [0, 0.1) is 16.7 Å². The third kappa shape index (κ3) is 1.44. The standard InChI is InChI=1S/C13H9N3S/c14-6-8-2-1-3-10-12(15)9-4-5-17-11(9)7-16-13(8)10/h1-5,15-16H,7H2. The van der Waals surface area contributed by atoms with Gasteiger partial charge in [0.2, 0.25) is 0 Å². The van der Waals surface area contributed by atoms with Gasteiger partial charge in [0.05, 0.1) is 23.5 Å². The topological polar surface area (TPSA) is 59.7 Å². The molecule has 1 aliphatic heterocycles. The molecule has 0 aliphatic carbocycles. The molecule has 0 saturated carbocycles. The highest BCUT2D eigenvalue weighted by Gasteiger charge is 2.20. The fourth-order valence-electron chi connectivity index (χ4n) is 2.06. The zero-order valence-corrected chi connectivity index (χ0v) is 9.77. The Morgan fingerprint density at radius 1 is 1.29 bits per heavy atom. The second-order valence-electron chi connectivity index (χ2n) is 3.83. The second-order valence-corrected chi connectivity index (χ2v) is 4.83. The van der Waals surface area contributed by atoms with E-state index in [4.69, 9.17) is 10.7 Å². The van der Waals surface area contributed by atoms with E-state index in [1.165, 1.54) is 0 Å². The highest BCUT2D eigenvalue weighted by Crippen LogP contribution is 2.30. The lowest BCUT2D eigenvalue weighted by Crippen LogP contribution is -2.03. The molecule has 3 nitrogen and oxygen atoms in total. The van der Waals surface area contributed by atoms with Gasteiger partial charge in [0.25, 0.3) is 0 Å². The molecule has 2 heterocycles. The summed E-state index contributed by atoms with van der Waals surface area (Å²) in [7, 11) is 0. The number of nitrogens with one attached hydrogen (secondary N) is 2. The molecule has 4 heteroatoms. The number of para-hydroxylation sites is 1. The fraction of sp³-hybridized carbons (Fsp3) is 0.0769. The Hall–Kier alpha value is -2.12. The number of anilines is 1. The minimum Gasteiger partial charge on any atom is -0.379 e. The van der Waals surface area contributed by atoms with Crippen molar-refractivity contribution in [3.8, 4) is 6.07 Å². The molecule has 0 atom stereocenters. The monoisotopic (exact) mass is 239 g/mol. The van der Waals surface area contributed by atoms with Gasteiger partial charge in [-0.05, 0) is 17.5 Å². The van der Waals surface area contributed by atoms with E-state index in [9.17, 15) is 0 Å². The Labute approximate surface area is 103 Å². The van der Waals surface area contributed by atoms with Crippen molar-refractivity contribution in [2.75, 3.05) is 5.32 Å². The van der Waals surface area contributed by atoms with Gasteiger partial charge in [-0.15, -0.1) is 11.3 Å². The Bertz CT molecular complexity index is 649. The Morgan fingerprint density at radius 2 is 2.18 bits per heavy atom. The summed E-state index contributed by atoms with van der Waals surface area (Å²) in [5.41, 5.74) is 3.65. The average Bonchev–Trinajstić information content (AvgIpc) is 2.78. The average molecular weight is 239 g/mol. The van der Waals surface area contributed by atoms with Crippen LogP contribution < -0.4 is 5.32 Å². The summed E-state index contributed by atoms with van der Waals surface area (Å²) < 4.78 is 0. The molecular weight excluding hydrogens is 230 g/mol. The molecule has 1 aromatic heterocycles. The first-order valence-corrected chi connectivity index (χ1v) is 6.12. The van der Waals surface area contributed by atoms with Crippen LogP contribution in [0.4, 0.5) is 5.69 Å². The number of fused-ring (bicyclic) bond motifs is 2. The third-order valence-electron chi connectivity index (χ3n) is 2.89. The lowest BCUT2D eigenvalue weighted by atomic mass is 10.0. The van der Waals surface area contributed by atoms with Crippen LogP contribution in [0.1, 0.15) is 21.6 Å². The summed E-state index contributed by atoms with van der Waals surface area (Å²) >= 11 is 1.64. The lowest BCUT2D eigenvalue weighted by molar-refractivity contribution is 1.19. The summed E-state index contributed by atoms with van der Waals surface area (Å²) in [4.78, 5) is 1.15. The predicted molar refractivity (Wildman–Crippen MR) is 68.7 cm³/mol. The number of hydrogen-bond acceptors (Lipinski definition) is 4. The Balaban J connectivity index is 2.25. The maximum Gasteiger partial charge on any atom is 0.101 e. The summed E-state index contributed by atoms with van der Waals surface area (Å²) in [6, 6.07) is 9.62. The quantitative estimate of drug-likeness (QED) is 0.742. The van der Waals surface area contributed by atoms with Crippen LogP contribution in [0.15, 0.2) is 29.6 Å². The summed E-state index contributed by atoms with van der Waals surface area (Å²) in [5.74, 6) is 0. The van der Waals surface area contributed by atoms with Gasteiger partial charge in [0, 0.05) is 16.0 Å². The van der Waals surface area contributed by atoms with Gasteiger partial charge in [0.1, 0.15) is 6.07 Å². The molecule has 17 heavy (non-hydrogen) atoms.